The topological polar surface area (TPSA) is 52.0 Å². The summed E-state index contributed by atoms with van der Waals surface area (Å²) in [6, 6.07) is 17.7. The van der Waals surface area contributed by atoms with Crippen molar-refractivity contribution in [3.05, 3.63) is 59.7 Å². The van der Waals surface area contributed by atoms with Crippen LogP contribution in [-0.2, 0) is 12.8 Å². The van der Waals surface area contributed by atoms with Crippen LogP contribution in [0.1, 0.15) is 25.0 Å². The molecule has 2 aromatic carbocycles. The Morgan fingerprint density at radius 3 is 1.20 bits per heavy atom. The van der Waals surface area contributed by atoms with Crippen molar-refractivity contribution in [2.45, 2.75) is 38.8 Å². The molecule has 0 aliphatic heterocycles. The van der Waals surface area contributed by atoms with Gasteiger partial charge in [0.25, 0.3) is 0 Å². The van der Waals surface area contributed by atoms with E-state index in [1.807, 2.05) is 13.8 Å². The molecule has 20 heavy (non-hydrogen) atoms. The lowest BCUT2D eigenvalue weighted by atomic mass is 9.99. The molecule has 2 rings (SSSR count). The minimum atomic E-state index is 0.207. The van der Waals surface area contributed by atoms with Gasteiger partial charge in [-0.05, 0) is 48.9 Å². The van der Waals surface area contributed by atoms with Crippen LogP contribution in [0.2, 0.25) is 0 Å². The van der Waals surface area contributed by atoms with E-state index in [0.29, 0.717) is 0 Å². The molecule has 0 radical (unpaired) electrons. The first kappa shape index (κ1) is 14.8. The van der Waals surface area contributed by atoms with Crippen molar-refractivity contribution in [1.82, 2.24) is 0 Å². The maximum Gasteiger partial charge on any atom is 0.00509 e. The van der Waals surface area contributed by atoms with Crippen molar-refractivity contribution in [2.24, 2.45) is 11.5 Å². The van der Waals surface area contributed by atoms with Gasteiger partial charge < -0.3 is 11.5 Å². The first-order valence-electron chi connectivity index (χ1n) is 7.24. The summed E-state index contributed by atoms with van der Waals surface area (Å²) in [6.07, 6.45) is 1.85. The van der Waals surface area contributed by atoms with E-state index in [9.17, 15) is 0 Å². The molecule has 2 atom stereocenters. The van der Waals surface area contributed by atoms with E-state index in [-0.39, 0.29) is 12.1 Å². The van der Waals surface area contributed by atoms with Gasteiger partial charge in [-0.1, -0.05) is 48.5 Å². The monoisotopic (exact) mass is 268 g/mol. The quantitative estimate of drug-likeness (QED) is 0.875. The second-order valence-electron chi connectivity index (χ2n) is 5.76. The molecule has 0 aliphatic rings. The summed E-state index contributed by atoms with van der Waals surface area (Å²) in [5.41, 5.74) is 16.7. The van der Waals surface area contributed by atoms with Gasteiger partial charge in [-0.2, -0.15) is 0 Å². The van der Waals surface area contributed by atoms with Crippen LogP contribution >= 0.6 is 0 Å². The van der Waals surface area contributed by atoms with E-state index in [4.69, 9.17) is 11.5 Å². The molecule has 106 valence electrons. The molecule has 0 amide bonds. The summed E-state index contributed by atoms with van der Waals surface area (Å²) in [4.78, 5) is 0. The average Bonchev–Trinajstić information content (AvgIpc) is 2.39. The fourth-order valence-electron chi connectivity index (χ4n) is 2.41. The largest absolute Gasteiger partial charge is 0.328 e. The maximum atomic E-state index is 5.82. The van der Waals surface area contributed by atoms with E-state index in [1.54, 1.807) is 0 Å². The standard InChI is InChI=1S/C18H24N2/c1-13(19)11-15-3-7-17(8-4-15)18-9-5-16(6-10-18)12-14(2)20/h3-10,13-14H,11-12,19-20H2,1-2H3/t13-,14?/m1/s1. The molecule has 1 unspecified atom stereocenters. The minimum Gasteiger partial charge on any atom is -0.328 e. The van der Waals surface area contributed by atoms with Crippen LogP contribution in [0.4, 0.5) is 0 Å². The molecule has 2 heteroatoms. The van der Waals surface area contributed by atoms with Crippen LogP contribution in [0.25, 0.3) is 11.1 Å². The maximum absolute atomic E-state index is 5.82. The Hall–Kier alpha value is -1.64. The Balaban J connectivity index is 2.11. The Labute approximate surface area is 121 Å². The molecule has 2 aromatic rings. The van der Waals surface area contributed by atoms with Gasteiger partial charge in [-0.15, -0.1) is 0 Å². The fraction of sp³-hybridized carbons (Fsp3) is 0.333. The number of rotatable bonds is 5. The third kappa shape index (κ3) is 4.19. The van der Waals surface area contributed by atoms with Crippen LogP contribution in [-0.4, -0.2) is 12.1 Å². The second kappa shape index (κ2) is 6.69. The van der Waals surface area contributed by atoms with E-state index in [1.165, 1.54) is 22.3 Å². The number of hydrogen-bond acceptors (Lipinski definition) is 2. The van der Waals surface area contributed by atoms with Crippen molar-refractivity contribution >= 4 is 0 Å². The van der Waals surface area contributed by atoms with Gasteiger partial charge in [0.2, 0.25) is 0 Å². The summed E-state index contributed by atoms with van der Waals surface area (Å²) in [5.74, 6) is 0. The van der Waals surface area contributed by atoms with Crippen molar-refractivity contribution < 1.29 is 0 Å². The summed E-state index contributed by atoms with van der Waals surface area (Å²) in [7, 11) is 0. The highest BCUT2D eigenvalue weighted by molar-refractivity contribution is 5.64. The molecule has 0 aliphatic carbocycles. The fourth-order valence-corrected chi connectivity index (χ4v) is 2.41. The number of benzene rings is 2. The van der Waals surface area contributed by atoms with Gasteiger partial charge in [0, 0.05) is 12.1 Å². The predicted molar refractivity (Wildman–Crippen MR) is 86.6 cm³/mol. The normalized spacial score (nSPS) is 14.0. The third-order valence-electron chi connectivity index (χ3n) is 3.36. The van der Waals surface area contributed by atoms with Crippen molar-refractivity contribution in [2.75, 3.05) is 0 Å². The van der Waals surface area contributed by atoms with Gasteiger partial charge in [0.15, 0.2) is 0 Å². The molecule has 0 saturated heterocycles. The van der Waals surface area contributed by atoms with Crippen molar-refractivity contribution in [1.29, 1.82) is 0 Å². The molecule has 0 bridgehead atoms. The van der Waals surface area contributed by atoms with Crippen LogP contribution in [0.15, 0.2) is 48.5 Å². The number of nitrogens with two attached hydrogens (primary N) is 2. The van der Waals surface area contributed by atoms with E-state index in [2.05, 4.69) is 48.5 Å². The zero-order valence-corrected chi connectivity index (χ0v) is 12.3. The smallest absolute Gasteiger partial charge is 0.00509 e. The molecule has 0 heterocycles. The van der Waals surface area contributed by atoms with Crippen LogP contribution in [0.3, 0.4) is 0 Å². The molecule has 0 fully saturated rings. The Bertz CT molecular complexity index is 473. The summed E-state index contributed by atoms with van der Waals surface area (Å²) < 4.78 is 0. The third-order valence-corrected chi connectivity index (χ3v) is 3.36. The van der Waals surface area contributed by atoms with Gasteiger partial charge in [-0.25, -0.2) is 0 Å². The highest BCUT2D eigenvalue weighted by Crippen LogP contribution is 2.21. The first-order chi connectivity index (χ1) is 9.54. The molecule has 0 aromatic heterocycles. The first-order valence-corrected chi connectivity index (χ1v) is 7.24. The van der Waals surface area contributed by atoms with E-state index < -0.39 is 0 Å². The van der Waals surface area contributed by atoms with Gasteiger partial charge >= 0.3 is 0 Å². The lowest BCUT2D eigenvalue weighted by Crippen LogP contribution is -2.17. The Kier molecular flexibility index (Phi) is 4.94. The zero-order chi connectivity index (χ0) is 14.5. The molecule has 0 saturated carbocycles. The molecular weight excluding hydrogens is 244 g/mol. The minimum absolute atomic E-state index is 0.207. The van der Waals surface area contributed by atoms with Crippen LogP contribution in [0.5, 0.6) is 0 Å². The van der Waals surface area contributed by atoms with Crippen molar-refractivity contribution in [3.8, 4) is 11.1 Å². The van der Waals surface area contributed by atoms with E-state index in [0.717, 1.165) is 12.8 Å². The summed E-state index contributed by atoms with van der Waals surface area (Å²) in [6.45, 7) is 4.07. The lowest BCUT2D eigenvalue weighted by molar-refractivity contribution is 0.738. The summed E-state index contributed by atoms with van der Waals surface area (Å²) >= 11 is 0. The molecule has 4 N–H and O–H groups in total. The Morgan fingerprint density at radius 1 is 0.650 bits per heavy atom. The zero-order valence-electron chi connectivity index (χ0n) is 12.3. The molecular formula is C18H24N2. The van der Waals surface area contributed by atoms with Crippen LogP contribution in [0, 0.1) is 0 Å². The highest BCUT2D eigenvalue weighted by atomic mass is 14.6. The van der Waals surface area contributed by atoms with E-state index >= 15 is 0 Å². The van der Waals surface area contributed by atoms with Crippen molar-refractivity contribution in [3.63, 3.8) is 0 Å². The summed E-state index contributed by atoms with van der Waals surface area (Å²) in [5, 5.41) is 0. The predicted octanol–water partition coefficient (Wildman–Crippen LogP) is 3.13. The SMILES string of the molecule is CC(N)Cc1ccc(-c2ccc(C[C@@H](C)N)cc2)cc1. The van der Waals surface area contributed by atoms with Gasteiger partial charge in [0.1, 0.15) is 0 Å². The molecule has 2 nitrogen and oxygen atoms in total. The number of hydrogen-bond donors (Lipinski definition) is 2. The Morgan fingerprint density at radius 2 is 0.950 bits per heavy atom. The lowest BCUT2D eigenvalue weighted by Gasteiger charge is -2.08. The highest BCUT2D eigenvalue weighted by Gasteiger charge is 2.02. The second-order valence-corrected chi connectivity index (χ2v) is 5.76. The van der Waals surface area contributed by atoms with Crippen LogP contribution < -0.4 is 11.5 Å². The molecule has 0 spiro atoms. The average molecular weight is 268 g/mol. The van der Waals surface area contributed by atoms with Gasteiger partial charge in [-0.3, -0.25) is 0 Å². The van der Waals surface area contributed by atoms with Gasteiger partial charge in [0.05, 0.1) is 0 Å².